The molecule has 180 valence electrons. The average Bonchev–Trinajstić information content (AvgIpc) is 3.57. The Kier molecular flexibility index (Phi) is 7.68. The smallest absolute Gasteiger partial charge is 0.231 e. The molecule has 1 unspecified atom stereocenters. The number of likely N-dealkylation sites (tertiary alicyclic amines) is 1. The van der Waals surface area contributed by atoms with Gasteiger partial charge >= 0.3 is 0 Å². The summed E-state index contributed by atoms with van der Waals surface area (Å²) in [4.78, 5) is 7.57. The summed E-state index contributed by atoms with van der Waals surface area (Å²) in [5.41, 5.74) is 2.52. The summed E-state index contributed by atoms with van der Waals surface area (Å²) in [6.07, 6.45) is 7.16. The molecule has 0 bridgehead atoms. The van der Waals surface area contributed by atoms with Gasteiger partial charge in [0.05, 0.1) is 12.7 Å². The number of aliphatic imine (C=N–C) groups is 1. The van der Waals surface area contributed by atoms with Crippen LogP contribution in [0, 0.1) is 0 Å². The van der Waals surface area contributed by atoms with Crippen LogP contribution >= 0.6 is 24.0 Å². The van der Waals surface area contributed by atoms with E-state index >= 15 is 0 Å². The van der Waals surface area contributed by atoms with E-state index in [0.29, 0.717) is 12.7 Å². The minimum Gasteiger partial charge on any atom is -0.454 e. The molecule has 3 aliphatic rings. The van der Waals surface area contributed by atoms with Gasteiger partial charge in [0.15, 0.2) is 17.5 Å². The van der Waals surface area contributed by atoms with Gasteiger partial charge in [-0.15, -0.1) is 24.0 Å². The van der Waals surface area contributed by atoms with Gasteiger partial charge in [-0.25, -0.2) is 0 Å². The number of benzene rings is 1. The van der Waals surface area contributed by atoms with Crippen LogP contribution in [0.5, 0.6) is 11.5 Å². The maximum atomic E-state index is 5.72. The number of aromatic nitrogens is 2. The van der Waals surface area contributed by atoms with E-state index < -0.39 is 0 Å². The van der Waals surface area contributed by atoms with Gasteiger partial charge in [0.2, 0.25) is 6.79 Å². The van der Waals surface area contributed by atoms with Crippen LogP contribution in [0.25, 0.3) is 0 Å². The van der Waals surface area contributed by atoms with E-state index in [0.717, 1.165) is 76.1 Å². The molecule has 2 fully saturated rings. The lowest BCUT2D eigenvalue weighted by Gasteiger charge is -2.37. The van der Waals surface area contributed by atoms with Crippen molar-refractivity contribution in [2.45, 2.75) is 37.5 Å². The van der Waals surface area contributed by atoms with Crippen LogP contribution in [0.4, 0.5) is 0 Å². The van der Waals surface area contributed by atoms with E-state index in [1.54, 1.807) is 0 Å². The van der Waals surface area contributed by atoms with Crippen LogP contribution < -0.4 is 14.8 Å². The third-order valence-corrected chi connectivity index (χ3v) is 6.99. The van der Waals surface area contributed by atoms with E-state index in [4.69, 9.17) is 19.2 Å². The fourth-order valence-corrected chi connectivity index (χ4v) is 5.05. The summed E-state index contributed by atoms with van der Waals surface area (Å²) in [5, 5.41) is 7.88. The van der Waals surface area contributed by atoms with Gasteiger partial charge in [0.25, 0.3) is 0 Å². The molecule has 5 rings (SSSR count). The number of halogens is 1. The van der Waals surface area contributed by atoms with Gasteiger partial charge in [0, 0.05) is 57.4 Å². The van der Waals surface area contributed by atoms with Crippen LogP contribution in [-0.2, 0) is 17.2 Å². The number of fused-ring (bicyclic) bond motifs is 1. The maximum Gasteiger partial charge on any atom is 0.231 e. The minimum atomic E-state index is -0.0532. The minimum absolute atomic E-state index is 0. The molecule has 0 amide bonds. The molecule has 0 radical (unpaired) electrons. The van der Waals surface area contributed by atoms with Gasteiger partial charge < -0.3 is 24.4 Å². The summed E-state index contributed by atoms with van der Waals surface area (Å²) >= 11 is 0. The van der Waals surface area contributed by atoms with Crippen molar-refractivity contribution in [1.82, 2.24) is 20.0 Å². The highest BCUT2D eigenvalue weighted by Crippen LogP contribution is 2.41. The molecule has 1 N–H and O–H groups in total. The van der Waals surface area contributed by atoms with Crippen molar-refractivity contribution >= 4 is 29.9 Å². The van der Waals surface area contributed by atoms with Crippen molar-refractivity contribution in [2.24, 2.45) is 12.0 Å². The van der Waals surface area contributed by atoms with Crippen LogP contribution in [0.2, 0.25) is 0 Å². The second-order valence-corrected chi connectivity index (χ2v) is 9.01. The zero-order valence-corrected chi connectivity index (χ0v) is 21.8. The first-order valence-corrected chi connectivity index (χ1v) is 11.7. The Morgan fingerprint density at radius 2 is 2.06 bits per heavy atom. The number of guanidine groups is 1. The summed E-state index contributed by atoms with van der Waals surface area (Å²) in [6, 6.07) is 6.35. The zero-order valence-electron chi connectivity index (χ0n) is 19.5. The van der Waals surface area contributed by atoms with Crippen molar-refractivity contribution in [3.05, 3.63) is 41.7 Å². The fourth-order valence-electron chi connectivity index (χ4n) is 5.05. The van der Waals surface area contributed by atoms with Crippen molar-refractivity contribution < 1.29 is 14.2 Å². The molecule has 33 heavy (non-hydrogen) atoms. The van der Waals surface area contributed by atoms with Gasteiger partial charge in [-0.1, -0.05) is 6.07 Å². The average molecular weight is 567 g/mol. The largest absolute Gasteiger partial charge is 0.454 e. The maximum absolute atomic E-state index is 5.72. The first-order valence-electron chi connectivity index (χ1n) is 11.7. The second kappa shape index (κ2) is 10.5. The number of nitrogens with one attached hydrogen (secondary N) is 1. The highest BCUT2D eigenvalue weighted by molar-refractivity contribution is 14.0. The van der Waals surface area contributed by atoms with Gasteiger partial charge in [-0.2, -0.15) is 5.10 Å². The quantitative estimate of drug-likeness (QED) is 0.340. The van der Waals surface area contributed by atoms with Crippen LogP contribution in [0.15, 0.2) is 35.6 Å². The summed E-state index contributed by atoms with van der Waals surface area (Å²) < 4.78 is 18.8. The number of rotatable bonds is 5. The molecular formula is C24H34IN5O3. The van der Waals surface area contributed by atoms with E-state index in [-0.39, 0.29) is 29.4 Å². The molecule has 1 aromatic heterocycles. The van der Waals surface area contributed by atoms with E-state index in [1.807, 2.05) is 24.0 Å². The number of hydrogen-bond donors (Lipinski definition) is 1. The summed E-state index contributed by atoms with van der Waals surface area (Å²) in [6.45, 7) is 7.50. The molecule has 4 heterocycles. The van der Waals surface area contributed by atoms with Gasteiger partial charge in [-0.05, 0) is 49.4 Å². The number of nitrogens with zero attached hydrogens (tertiary/aromatic N) is 4. The van der Waals surface area contributed by atoms with E-state index in [2.05, 4.69) is 40.6 Å². The Hall–Kier alpha value is -2.01. The first-order chi connectivity index (χ1) is 15.7. The van der Waals surface area contributed by atoms with Gasteiger partial charge in [-0.3, -0.25) is 9.67 Å². The summed E-state index contributed by atoms with van der Waals surface area (Å²) in [7, 11) is 1.98. The van der Waals surface area contributed by atoms with Crippen molar-refractivity contribution in [1.29, 1.82) is 0 Å². The Morgan fingerprint density at radius 1 is 1.24 bits per heavy atom. The number of ether oxygens (including phenoxy) is 3. The molecule has 0 spiro atoms. The molecule has 2 saturated heterocycles. The molecule has 1 aromatic carbocycles. The molecule has 3 aliphatic heterocycles. The molecule has 8 nitrogen and oxygen atoms in total. The number of aryl methyl sites for hydroxylation is 1. The lowest BCUT2D eigenvalue weighted by atomic mass is 9.74. The van der Waals surface area contributed by atoms with E-state index in [9.17, 15) is 0 Å². The molecule has 0 aliphatic carbocycles. The predicted molar refractivity (Wildman–Crippen MR) is 138 cm³/mol. The SMILES string of the molecule is CCNC(=NCC1(c2ccc3c(c2)OCO3)CCOCC1)N1CCC(c2cnn(C)c2)C1.I. The molecule has 9 heteroatoms. The standard InChI is InChI=1S/C24H33N5O3.HI/c1-3-25-23(29-9-6-18(15-29)19-13-27-28(2)14-19)26-16-24(7-10-30-11-8-24)20-4-5-21-22(12-20)32-17-31-21;/h4-5,12-14,18H,3,6-11,15-17H2,1-2H3,(H,25,26);1H. The second-order valence-electron chi connectivity index (χ2n) is 9.01. The van der Waals surface area contributed by atoms with Crippen molar-refractivity contribution in [2.75, 3.05) is 46.2 Å². The Morgan fingerprint density at radius 3 is 2.82 bits per heavy atom. The number of hydrogen-bond acceptors (Lipinski definition) is 5. The highest BCUT2D eigenvalue weighted by atomic mass is 127. The first kappa shape index (κ1) is 24.1. The third kappa shape index (κ3) is 5.08. The zero-order chi connectivity index (χ0) is 22.0. The van der Waals surface area contributed by atoms with Crippen LogP contribution in [-0.4, -0.2) is 66.8 Å². The molecule has 1 atom stereocenters. The Bertz CT molecular complexity index is 973. The third-order valence-electron chi connectivity index (χ3n) is 6.99. The lowest BCUT2D eigenvalue weighted by molar-refractivity contribution is 0.0529. The Labute approximate surface area is 212 Å². The lowest BCUT2D eigenvalue weighted by Crippen LogP contribution is -2.42. The van der Waals surface area contributed by atoms with E-state index in [1.165, 1.54) is 11.1 Å². The highest BCUT2D eigenvalue weighted by Gasteiger charge is 2.36. The Balaban J connectivity index is 0.00000259. The van der Waals surface area contributed by atoms with Crippen molar-refractivity contribution in [3.63, 3.8) is 0 Å². The topological polar surface area (TPSA) is 73.1 Å². The monoisotopic (exact) mass is 567 g/mol. The molecule has 2 aromatic rings. The molecular weight excluding hydrogens is 533 g/mol. The predicted octanol–water partition coefficient (Wildman–Crippen LogP) is 3.27. The van der Waals surface area contributed by atoms with Crippen LogP contribution in [0.1, 0.15) is 43.2 Å². The summed E-state index contributed by atoms with van der Waals surface area (Å²) in [5.74, 6) is 3.17. The van der Waals surface area contributed by atoms with Gasteiger partial charge in [0.1, 0.15) is 0 Å². The van der Waals surface area contributed by atoms with Crippen molar-refractivity contribution in [3.8, 4) is 11.5 Å². The normalized spacial score (nSPS) is 21.7. The van der Waals surface area contributed by atoms with Crippen LogP contribution in [0.3, 0.4) is 0 Å². The fraction of sp³-hybridized carbons (Fsp3) is 0.583. The molecule has 0 saturated carbocycles.